The zero-order chi connectivity index (χ0) is 27.6. The summed E-state index contributed by atoms with van der Waals surface area (Å²) in [6.45, 7) is 6.29. The number of aromatic amines is 1. The fourth-order valence-electron chi connectivity index (χ4n) is 4.69. The monoisotopic (exact) mass is 522 g/mol. The van der Waals surface area contributed by atoms with Crippen molar-refractivity contribution in [3.63, 3.8) is 0 Å². The molecule has 2 N–H and O–H groups in total. The fourth-order valence-corrected chi connectivity index (χ4v) is 4.69. The van der Waals surface area contributed by atoms with Gasteiger partial charge in [-0.15, -0.1) is 0 Å². The number of allylic oxidation sites excluding steroid dienone is 1. The normalized spacial score (nSPS) is 12.1. The van der Waals surface area contributed by atoms with Crippen LogP contribution in [0.3, 0.4) is 0 Å². The molecule has 4 aromatic rings. The molecular weight excluding hydrogens is 484 g/mol. The molecule has 0 saturated carbocycles. The number of benzene rings is 3. The number of nitrogens with zero attached hydrogens (tertiary/aromatic N) is 2. The second-order valence-electron chi connectivity index (χ2n) is 9.60. The zero-order valence-corrected chi connectivity index (χ0v) is 23.3. The van der Waals surface area contributed by atoms with Gasteiger partial charge in [-0.2, -0.15) is 5.10 Å². The molecular formula is C33H38N4O2. The van der Waals surface area contributed by atoms with Crippen molar-refractivity contribution in [1.29, 1.82) is 0 Å². The van der Waals surface area contributed by atoms with Crippen molar-refractivity contribution in [2.24, 2.45) is 0 Å². The van der Waals surface area contributed by atoms with Crippen LogP contribution >= 0.6 is 0 Å². The lowest BCUT2D eigenvalue weighted by Crippen LogP contribution is -2.22. The Morgan fingerprint density at radius 3 is 2.54 bits per heavy atom. The molecule has 3 aromatic carbocycles. The molecule has 1 heterocycles. The summed E-state index contributed by atoms with van der Waals surface area (Å²) >= 11 is 0. The molecule has 202 valence electrons. The van der Waals surface area contributed by atoms with Gasteiger partial charge in [-0.3, -0.25) is 9.89 Å². The Kier molecular flexibility index (Phi) is 9.70. The second-order valence-corrected chi connectivity index (χ2v) is 9.60. The molecule has 0 unspecified atom stereocenters. The molecule has 0 bridgehead atoms. The van der Waals surface area contributed by atoms with E-state index in [4.69, 9.17) is 4.74 Å². The quantitative estimate of drug-likeness (QED) is 0.134. The Hall–Kier alpha value is -4.16. The van der Waals surface area contributed by atoms with E-state index in [1.54, 1.807) is 25.1 Å². The van der Waals surface area contributed by atoms with E-state index < -0.39 is 0 Å². The number of hydrogen-bond donors (Lipinski definition) is 2. The average Bonchev–Trinajstić information content (AvgIpc) is 3.43. The van der Waals surface area contributed by atoms with E-state index in [0.29, 0.717) is 19.7 Å². The third kappa shape index (κ3) is 7.03. The van der Waals surface area contributed by atoms with Gasteiger partial charge in [0, 0.05) is 38.6 Å². The number of nitrogens with one attached hydrogen (secondary N) is 2. The number of fused-ring (bicyclic) bond motifs is 1. The number of rotatable bonds is 12. The van der Waals surface area contributed by atoms with Gasteiger partial charge in [0.1, 0.15) is 12.4 Å². The number of H-pyrrole nitrogens is 1. The van der Waals surface area contributed by atoms with E-state index in [-0.39, 0.29) is 5.91 Å². The zero-order valence-electron chi connectivity index (χ0n) is 23.3. The summed E-state index contributed by atoms with van der Waals surface area (Å²) in [6.07, 6.45) is 7.17. The molecule has 0 saturated heterocycles. The minimum Gasteiger partial charge on any atom is -0.492 e. The lowest BCUT2D eigenvalue weighted by atomic mass is 9.85. The third-order valence-electron chi connectivity index (χ3n) is 6.76. The Morgan fingerprint density at radius 2 is 1.79 bits per heavy atom. The Bertz CT molecular complexity index is 1450. The topological polar surface area (TPSA) is 70.2 Å². The lowest BCUT2D eigenvalue weighted by Gasteiger charge is -2.19. The molecule has 6 heteroatoms. The summed E-state index contributed by atoms with van der Waals surface area (Å²) in [4.78, 5) is 13.1. The number of aryl methyl sites for hydroxylation is 1. The summed E-state index contributed by atoms with van der Waals surface area (Å²) in [6, 6.07) is 23.6. The van der Waals surface area contributed by atoms with Crippen LogP contribution in [0, 0.1) is 0 Å². The molecule has 0 fully saturated rings. The first kappa shape index (κ1) is 27.9. The lowest BCUT2D eigenvalue weighted by molar-refractivity contribution is -0.123. The van der Waals surface area contributed by atoms with Gasteiger partial charge in [0.15, 0.2) is 0 Å². The largest absolute Gasteiger partial charge is 0.492 e. The number of aromatic nitrogens is 2. The Balaban J connectivity index is 1.56. The second kappa shape index (κ2) is 13.6. The third-order valence-corrected chi connectivity index (χ3v) is 6.76. The average molecular weight is 523 g/mol. The minimum absolute atomic E-state index is 0.0179. The Labute approximate surface area is 231 Å². The number of ether oxygens (including phenoxy) is 1. The fraction of sp³-hybridized carbons (Fsp3) is 0.273. The van der Waals surface area contributed by atoms with Crippen molar-refractivity contribution in [2.75, 3.05) is 33.8 Å². The van der Waals surface area contributed by atoms with Crippen molar-refractivity contribution >= 4 is 28.0 Å². The first-order chi connectivity index (χ1) is 19.0. The summed E-state index contributed by atoms with van der Waals surface area (Å²) < 4.78 is 5.98. The van der Waals surface area contributed by atoms with Crippen LogP contribution in [0.2, 0.25) is 0 Å². The number of carbonyl (C=O) groups is 1. The SMILES string of the molecule is CCC(=C(c1ccc(OCCNCC=CC(=O)N(C)C)cc1)c1ccc2[nH]ncc2c1)c1ccccc1CC. The summed E-state index contributed by atoms with van der Waals surface area (Å²) in [7, 11) is 3.48. The van der Waals surface area contributed by atoms with Gasteiger partial charge in [-0.25, -0.2) is 0 Å². The van der Waals surface area contributed by atoms with Crippen molar-refractivity contribution in [1.82, 2.24) is 20.4 Å². The van der Waals surface area contributed by atoms with Crippen molar-refractivity contribution in [2.45, 2.75) is 26.7 Å². The van der Waals surface area contributed by atoms with Gasteiger partial charge < -0.3 is 15.0 Å². The van der Waals surface area contributed by atoms with Gasteiger partial charge >= 0.3 is 0 Å². The van der Waals surface area contributed by atoms with Gasteiger partial charge in [0.05, 0.1) is 11.7 Å². The molecule has 4 rings (SSSR count). The van der Waals surface area contributed by atoms with Crippen LogP contribution in [0.25, 0.3) is 22.0 Å². The van der Waals surface area contributed by atoms with Gasteiger partial charge in [-0.05, 0) is 70.5 Å². The van der Waals surface area contributed by atoms with Crippen molar-refractivity contribution in [3.8, 4) is 5.75 Å². The predicted molar refractivity (Wildman–Crippen MR) is 161 cm³/mol. The molecule has 0 atom stereocenters. The number of hydrogen-bond acceptors (Lipinski definition) is 4. The highest BCUT2D eigenvalue weighted by Crippen LogP contribution is 2.37. The van der Waals surface area contributed by atoms with Crippen LogP contribution in [0.4, 0.5) is 0 Å². The molecule has 1 amide bonds. The smallest absolute Gasteiger partial charge is 0.245 e. The van der Waals surface area contributed by atoms with Crippen LogP contribution < -0.4 is 10.1 Å². The standard InChI is InChI=1S/C33H38N4O2/c1-5-24-10-7-8-11-30(24)29(6-2)33(26-15-18-31-27(22-26)23-35-36-31)25-13-16-28(17-14-25)39-21-20-34-19-9-12-32(38)37(3)4/h7-18,22-23,34H,5-6,19-21H2,1-4H3,(H,35,36). The number of carbonyl (C=O) groups excluding carboxylic acids is 1. The maximum absolute atomic E-state index is 11.6. The van der Waals surface area contributed by atoms with Crippen LogP contribution in [-0.4, -0.2) is 54.8 Å². The van der Waals surface area contributed by atoms with E-state index >= 15 is 0 Å². The van der Waals surface area contributed by atoms with Crippen molar-refractivity contribution < 1.29 is 9.53 Å². The maximum Gasteiger partial charge on any atom is 0.245 e. The molecule has 39 heavy (non-hydrogen) atoms. The van der Waals surface area contributed by atoms with E-state index in [0.717, 1.165) is 35.1 Å². The highest BCUT2D eigenvalue weighted by Gasteiger charge is 2.16. The number of likely N-dealkylation sites (N-methyl/N-ethyl adjacent to an activating group) is 1. The van der Waals surface area contributed by atoms with E-state index in [9.17, 15) is 4.79 Å². The van der Waals surface area contributed by atoms with Crippen molar-refractivity contribution in [3.05, 3.63) is 107 Å². The molecule has 0 aliphatic carbocycles. The number of amides is 1. The molecule has 0 radical (unpaired) electrons. The summed E-state index contributed by atoms with van der Waals surface area (Å²) in [5.41, 5.74) is 8.57. The molecule has 6 nitrogen and oxygen atoms in total. The summed E-state index contributed by atoms with van der Waals surface area (Å²) in [5.74, 6) is 0.811. The van der Waals surface area contributed by atoms with E-state index in [2.05, 4.69) is 84.0 Å². The highest BCUT2D eigenvalue weighted by molar-refractivity contribution is 6.00. The molecule has 0 spiro atoms. The molecule has 1 aromatic heterocycles. The van der Waals surface area contributed by atoms with Gasteiger partial charge in [-0.1, -0.05) is 62.4 Å². The Morgan fingerprint density at radius 1 is 1.03 bits per heavy atom. The van der Waals surface area contributed by atoms with Crippen LogP contribution in [0.15, 0.2) is 85.1 Å². The van der Waals surface area contributed by atoms with Crippen LogP contribution in [-0.2, 0) is 11.2 Å². The van der Waals surface area contributed by atoms with E-state index in [1.165, 1.54) is 27.8 Å². The minimum atomic E-state index is -0.0179. The maximum atomic E-state index is 11.6. The first-order valence-corrected chi connectivity index (χ1v) is 13.6. The van der Waals surface area contributed by atoms with Gasteiger partial charge in [0.2, 0.25) is 5.91 Å². The molecule has 0 aliphatic heterocycles. The summed E-state index contributed by atoms with van der Waals surface area (Å²) in [5, 5.41) is 11.6. The highest BCUT2D eigenvalue weighted by atomic mass is 16.5. The van der Waals surface area contributed by atoms with Crippen LogP contribution in [0.1, 0.15) is 42.5 Å². The van der Waals surface area contributed by atoms with Crippen LogP contribution in [0.5, 0.6) is 5.75 Å². The first-order valence-electron chi connectivity index (χ1n) is 13.6. The predicted octanol–water partition coefficient (Wildman–Crippen LogP) is 6.11. The van der Waals surface area contributed by atoms with E-state index in [1.807, 2.05) is 24.4 Å². The molecule has 0 aliphatic rings. The van der Waals surface area contributed by atoms with Gasteiger partial charge in [0.25, 0.3) is 0 Å².